The fourth-order valence-corrected chi connectivity index (χ4v) is 4.20. The number of fused-ring (bicyclic) bond motifs is 1. The number of piperazine rings is 1. The number of ether oxygens (including phenoxy) is 1. The highest BCUT2D eigenvalue weighted by Crippen LogP contribution is 2.25. The number of anilines is 1. The number of hydrogen-bond acceptors (Lipinski definition) is 4. The summed E-state index contributed by atoms with van der Waals surface area (Å²) in [5.74, 6) is 0.599. The van der Waals surface area contributed by atoms with Crippen LogP contribution < -0.4 is 15.0 Å². The van der Waals surface area contributed by atoms with Gasteiger partial charge in [-0.1, -0.05) is 54.6 Å². The maximum absolute atomic E-state index is 12.2. The standard InChI is InChI=1S/C26H31N3O2.ClH/c1-21-9-2-5-13-24(21)29-19-17-28(18-20-29)16-7-6-15-27-26(30)31-25-14-8-11-22-10-3-4-12-23(22)25;/h2-5,8-14H,6-7,15-20H2,1H3,(H,27,30);1H. The first-order chi connectivity index (χ1) is 15.2. The lowest BCUT2D eigenvalue weighted by molar-refractivity contribution is 0.200. The van der Waals surface area contributed by atoms with Gasteiger partial charge in [-0.25, -0.2) is 4.79 Å². The molecule has 3 aromatic rings. The fourth-order valence-electron chi connectivity index (χ4n) is 4.20. The fraction of sp³-hybridized carbons (Fsp3) is 0.346. The summed E-state index contributed by atoms with van der Waals surface area (Å²) in [7, 11) is 0. The number of para-hydroxylation sites is 1. The second-order valence-corrected chi connectivity index (χ2v) is 8.12. The number of rotatable bonds is 7. The average molecular weight is 454 g/mol. The minimum absolute atomic E-state index is 0. The summed E-state index contributed by atoms with van der Waals surface area (Å²) in [6, 6.07) is 22.3. The second-order valence-electron chi connectivity index (χ2n) is 8.12. The van der Waals surface area contributed by atoms with Gasteiger partial charge >= 0.3 is 6.09 Å². The van der Waals surface area contributed by atoms with Crippen LogP contribution in [0.15, 0.2) is 66.7 Å². The Hall–Kier alpha value is -2.76. The molecule has 0 spiro atoms. The van der Waals surface area contributed by atoms with Crippen molar-refractivity contribution in [2.45, 2.75) is 19.8 Å². The topological polar surface area (TPSA) is 44.8 Å². The highest BCUT2D eigenvalue weighted by molar-refractivity contribution is 5.90. The van der Waals surface area contributed by atoms with E-state index < -0.39 is 0 Å². The van der Waals surface area contributed by atoms with Gasteiger partial charge in [-0.2, -0.15) is 0 Å². The van der Waals surface area contributed by atoms with Crippen molar-refractivity contribution in [3.8, 4) is 5.75 Å². The lowest BCUT2D eigenvalue weighted by atomic mass is 10.1. The van der Waals surface area contributed by atoms with E-state index in [-0.39, 0.29) is 18.5 Å². The number of carbonyl (C=O) groups is 1. The van der Waals surface area contributed by atoms with E-state index in [2.05, 4.69) is 46.3 Å². The van der Waals surface area contributed by atoms with Gasteiger partial charge in [0.05, 0.1) is 0 Å². The maximum atomic E-state index is 12.2. The summed E-state index contributed by atoms with van der Waals surface area (Å²) in [6.45, 7) is 8.20. The molecule has 0 bridgehead atoms. The molecular weight excluding hydrogens is 422 g/mol. The monoisotopic (exact) mass is 453 g/mol. The minimum Gasteiger partial charge on any atom is -0.410 e. The van der Waals surface area contributed by atoms with Crippen molar-refractivity contribution >= 4 is 35.0 Å². The van der Waals surface area contributed by atoms with Crippen LogP contribution in [0.25, 0.3) is 10.8 Å². The molecular formula is C26H32ClN3O2. The number of aryl methyl sites for hydroxylation is 1. The third-order valence-electron chi connectivity index (χ3n) is 5.95. The normalized spacial score (nSPS) is 14.1. The third-order valence-corrected chi connectivity index (χ3v) is 5.95. The smallest absolute Gasteiger partial charge is 0.410 e. The summed E-state index contributed by atoms with van der Waals surface area (Å²) in [5, 5.41) is 4.89. The summed E-state index contributed by atoms with van der Waals surface area (Å²) >= 11 is 0. The largest absolute Gasteiger partial charge is 0.412 e. The van der Waals surface area contributed by atoms with E-state index >= 15 is 0 Å². The van der Waals surface area contributed by atoms with Crippen molar-refractivity contribution in [1.29, 1.82) is 0 Å². The van der Waals surface area contributed by atoms with Gasteiger partial charge in [0.1, 0.15) is 5.75 Å². The van der Waals surface area contributed by atoms with E-state index in [1.807, 2.05) is 42.5 Å². The number of halogens is 1. The van der Waals surface area contributed by atoms with Gasteiger partial charge in [-0.3, -0.25) is 4.90 Å². The van der Waals surface area contributed by atoms with E-state index in [9.17, 15) is 4.79 Å². The Labute approximate surface area is 196 Å². The van der Waals surface area contributed by atoms with E-state index in [0.29, 0.717) is 12.3 Å². The molecule has 0 unspecified atom stereocenters. The Morgan fingerprint density at radius 1 is 0.906 bits per heavy atom. The Balaban J connectivity index is 0.00000289. The molecule has 1 amide bonds. The number of amides is 1. The average Bonchev–Trinajstić information content (AvgIpc) is 2.80. The van der Waals surface area contributed by atoms with Crippen LogP contribution in [-0.4, -0.2) is 50.3 Å². The molecule has 3 aromatic carbocycles. The Kier molecular flexibility index (Phi) is 8.77. The summed E-state index contributed by atoms with van der Waals surface area (Å²) in [4.78, 5) is 17.2. The summed E-state index contributed by atoms with van der Waals surface area (Å²) < 4.78 is 5.52. The first-order valence-corrected chi connectivity index (χ1v) is 11.2. The van der Waals surface area contributed by atoms with Crippen LogP contribution in [0.5, 0.6) is 5.75 Å². The highest BCUT2D eigenvalue weighted by Gasteiger charge is 2.17. The molecule has 0 aromatic heterocycles. The maximum Gasteiger partial charge on any atom is 0.412 e. The van der Waals surface area contributed by atoms with Gasteiger partial charge in [-0.05, 0) is 49.4 Å². The first kappa shape index (κ1) is 23.9. The van der Waals surface area contributed by atoms with Gasteiger partial charge in [0.25, 0.3) is 0 Å². The molecule has 170 valence electrons. The minimum atomic E-state index is -0.386. The van der Waals surface area contributed by atoms with Gasteiger partial charge < -0.3 is 15.0 Å². The molecule has 32 heavy (non-hydrogen) atoms. The zero-order chi connectivity index (χ0) is 21.5. The molecule has 5 nitrogen and oxygen atoms in total. The SMILES string of the molecule is Cc1ccccc1N1CCN(CCCCNC(=O)Oc2cccc3ccccc23)CC1.Cl. The van der Waals surface area contributed by atoms with E-state index in [1.54, 1.807) is 0 Å². The first-order valence-electron chi connectivity index (χ1n) is 11.2. The molecule has 0 radical (unpaired) electrons. The van der Waals surface area contributed by atoms with Crippen molar-refractivity contribution in [3.05, 3.63) is 72.3 Å². The molecule has 1 heterocycles. The van der Waals surface area contributed by atoms with Crippen LogP contribution in [0.4, 0.5) is 10.5 Å². The van der Waals surface area contributed by atoms with E-state index in [4.69, 9.17) is 4.74 Å². The van der Waals surface area contributed by atoms with Crippen molar-refractivity contribution < 1.29 is 9.53 Å². The van der Waals surface area contributed by atoms with Crippen molar-refractivity contribution in [1.82, 2.24) is 10.2 Å². The molecule has 4 rings (SSSR count). The summed E-state index contributed by atoms with van der Waals surface area (Å²) in [5.41, 5.74) is 2.70. The van der Waals surface area contributed by atoms with Crippen molar-refractivity contribution in [2.24, 2.45) is 0 Å². The van der Waals surface area contributed by atoms with Crippen LogP contribution in [0, 0.1) is 6.92 Å². The van der Waals surface area contributed by atoms with Gasteiger partial charge in [0, 0.05) is 43.8 Å². The summed E-state index contributed by atoms with van der Waals surface area (Å²) in [6.07, 6.45) is 1.63. The third kappa shape index (κ3) is 6.15. The van der Waals surface area contributed by atoms with Crippen LogP contribution in [0.2, 0.25) is 0 Å². The van der Waals surface area contributed by atoms with Crippen LogP contribution in [0.1, 0.15) is 18.4 Å². The molecule has 1 N–H and O–H groups in total. The molecule has 1 aliphatic rings. The Morgan fingerprint density at radius 3 is 2.44 bits per heavy atom. The number of hydrogen-bond donors (Lipinski definition) is 1. The molecule has 0 aliphatic carbocycles. The Bertz CT molecular complexity index is 1010. The van der Waals surface area contributed by atoms with Crippen molar-refractivity contribution in [2.75, 3.05) is 44.2 Å². The predicted octanol–water partition coefficient (Wildman–Crippen LogP) is 5.26. The van der Waals surface area contributed by atoms with Gasteiger partial charge in [-0.15, -0.1) is 12.4 Å². The van der Waals surface area contributed by atoms with Crippen LogP contribution in [0.3, 0.4) is 0 Å². The van der Waals surface area contributed by atoms with Crippen LogP contribution >= 0.6 is 12.4 Å². The van der Waals surface area contributed by atoms with E-state index in [0.717, 1.165) is 56.3 Å². The molecule has 1 aliphatic heterocycles. The number of carbonyl (C=O) groups excluding carboxylic acids is 1. The van der Waals surface area contributed by atoms with E-state index in [1.165, 1.54) is 11.3 Å². The van der Waals surface area contributed by atoms with Crippen molar-refractivity contribution in [3.63, 3.8) is 0 Å². The lowest BCUT2D eigenvalue weighted by Crippen LogP contribution is -2.46. The van der Waals surface area contributed by atoms with Crippen LogP contribution in [-0.2, 0) is 0 Å². The highest BCUT2D eigenvalue weighted by atomic mass is 35.5. The molecule has 0 atom stereocenters. The molecule has 1 fully saturated rings. The quantitative estimate of drug-likeness (QED) is 0.495. The number of benzene rings is 3. The van der Waals surface area contributed by atoms with Gasteiger partial charge in [0.2, 0.25) is 0 Å². The molecule has 0 saturated carbocycles. The predicted molar refractivity (Wildman–Crippen MR) is 134 cm³/mol. The van der Waals surface area contributed by atoms with Gasteiger partial charge in [0.15, 0.2) is 0 Å². The number of nitrogens with zero attached hydrogens (tertiary/aromatic N) is 2. The second kappa shape index (κ2) is 11.7. The number of nitrogens with one attached hydrogen (secondary N) is 1. The zero-order valence-corrected chi connectivity index (χ0v) is 19.4. The number of unbranched alkanes of at least 4 members (excludes halogenated alkanes) is 1. The Morgan fingerprint density at radius 2 is 1.62 bits per heavy atom. The molecule has 6 heteroatoms. The molecule has 1 saturated heterocycles. The zero-order valence-electron chi connectivity index (χ0n) is 18.6. The lowest BCUT2D eigenvalue weighted by Gasteiger charge is -2.36.